The quantitative estimate of drug-likeness (QED) is 0.767. The topological polar surface area (TPSA) is 102 Å². The summed E-state index contributed by atoms with van der Waals surface area (Å²) in [5.41, 5.74) is 0.466. The highest BCUT2D eigenvalue weighted by Crippen LogP contribution is 2.16. The van der Waals surface area contributed by atoms with Crippen LogP contribution in [0.5, 0.6) is 0 Å². The van der Waals surface area contributed by atoms with Crippen molar-refractivity contribution in [2.75, 3.05) is 32.1 Å². The zero-order valence-electron chi connectivity index (χ0n) is 14.7. The zero-order valence-corrected chi connectivity index (χ0v) is 14.7. The molecule has 1 aliphatic heterocycles. The van der Waals surface area contributed by atoms with Gasteiger partial charge in [0.15, 0.2) is 6.61 Å². The van der Waals surface area contributed by atoms with Crippen LogP contribution < -0.4 is 5.32 Å². The molecular formula is C18H22N2O6. The number of carbonyl (C=O) groups is 4. The molecule has 0 unspecified atom stereocenters. The number of methoxy groups -OCH3 is 1. The van der Waals surface area contributed by atoms with Crippen molar-refractivity contribution >= 4 is 29.4 Å². The Bertz CT molecular complexity index is 688. The Morgan fingerprint density at radius 2 is 1.92 bits per heavy atom. The van der Waals surface area contributed by atoms with Gasteiger partial charge in [0.05, 0.1) is 18.4 Å². The molecule has 0 atom stereocenters. The van der Waals surface area contributed by atoms with Crippen molar-refractivity contribution < 1.29 is 28.7 Å². The fourth-order valence-corrected chi connectivity index (χ4v) is 2.62. The van der Waals surface area contributed by atoms with Crippen LogP contribution in [0.3, 0.4) is 0 Å². The summed E-state index contributed by atoms with van der Waals surface area (Å²) < 4.78 is 9.58. The van der Waals surface area contributed by atoms with E-state index in [1.165, 1.54) is 18.1 Å². The van der Waals surface area contributed by atoms with Crippen LogP contribution in [0.25, 0.3) is 0 Å². The Hall–Kier alpha value is -2.90. The van der Waals surface area contributed by atoms with Gasteiger partial charge in [-0.05, 0) is 25.0 Å². The Labute approximate surface area is 151 Å². The average molecular weight is 362 g/mol. The lowest BCUT2D eigenvalue weighted by molar-refractivity contribution is -0.151. The van der Waals surface area contributed by atoms with Gasteiger partial charge < -0.3 is 19.7 Å². The summed E-state index contributed by atoms with van der Waals surface area (Å²) >= 11 is 0. The van der Waals surface area contributed by atoms with Crippen LogP contribution in [0.1, 0.15) is 36.0 Å². The van der Waals surface area contributed by atoms with Gasteiger partial charge in [-0.25, -0.2) is 4.79 Å². The molecule has 2 amide bonds. The number of esters is 2. The van der Waals surface area contributed by atoms with E-state index < -0.39 is 24.5 Å². The number of carbonyl (C=O) groups excluding carboxylic acids is 4. The summed E-state index contributed by atoms with van der Waals surface area (Å²) in [5, 5.41) is 2.51. The summed E-state index contributed by atoms with van der Waals surface area (Å²) in [4.78, 5) is 48.8. The number of nitrogens with zero attached hydrogens (tertiary/aromatic N) is 1. The third kappa shape index (κ3) is 5.58. The Morgan fingerprint density at radius 1 is 1.15 bits per heavy atom. The normalized spacial score (nSPS) is 14.3. The van der Waals surface area contributed by atoms with E-state index in [-0.39, 0.29) is 23.7 Å². The van der Waals surface area contributed by atoms with E-state index in [2.05, 4.69) is 10.1 Å². The molecule has 0 saturated carbocycles. The number of nitrogens with one attached hydrogen (secondary N) is 1. The highest BCUT2D eigenvalue weighted by atomic mass is 16.5. The summed E-state index contributed by atoms with van der Waals surface area (Å²) in [6.07, 6.45) is 3.06. The molecule has 0 aliphatic carbocycles. The number of hydrogen-bond acceptors (Lipinski definition) is 6. The van der Waals surface area contributed by atoms with Crippen LogP contribution in [0.15, 0.2) is 24.3 Å². The van der Waals surface area contributed by atoms with Crippen LogP contribution in [0.4, 0.5) is 5.69 Å². The van der Waals surface area contributed by atoms with Crippen LogP contribution in [0.2, 0.25) is 0 Å². The predicted octanol–water partition coefficient (Wildman–Crippen LogP) is 1.36. The number of anilines is 1. The molecule has 0 aromatic heterocycles. The van der Waals surface area contributed by atoms with Gasteiger partial charge in [0.1, 0.15) is 6.54 Å². The molecule has 1 fully saturated rings. The number of para-hydroxylation sites is 1. The zero-order chi connectivity index (χ0) is 18.9. The average Bonchev–Trinajstić information content (AvgIpc) is 2.84. The van der Waals surface area contributed by atoms with Crippen LogP contribution >= 0.6 is 0 Å². The maximum absolute atomic E-state index is 12.0. The van der Waals surface area contributed by atoms with Crippen molar-refractivity contribution in [3.8, 4) is 0 Å². The monoisotopic (exact) mass is 362 g/mol. The van der Waals surface area contributed by atoms with Gasteiger partial charge >= 0.3 is 11.9 Å². The maximum atomic E-state index is 12.0. The SMILES string of the molecule is COC(=O)c1ccccc1NC(=O)COC(=O)CN1CCCCCC1=O. The molecule has 26 heavy (non-hydrogen) atoms. The van der Waals surface area contributed by atoms with E-state index in [0.29, 0.717) is 13.0 Å². The largest absolute Gasteiger partial charge is 0.465 e. The molecule has 1 N–H and O–H groups in total. The minimum atomic E-state index is -0.642. The van der Waals surface area contributed by atoms with E-state index in [4.69, 9.17) is 4.74 Å². The van der Waals surface area contributed by atoms with Gasteiger partial charge in [-0.15, -0.1) is 0 Å². The van der Waals surface area contributed by atoms with Gasteiger partial charge in [0.2, 0.25) is 5.91 Å². The smallest absolute Gasteiger partial charge is 0.339 e. The van der Waals surface area contributed by atoms with Gasteiger partial charge in [-0.1, -0.05) is 18.6 Å². The first-order valence-electron chi connectivity index (χ1n) is 8.42. The number of benzene rings is 1. The molecule has 1 aromatic rings. The maximum Gasteiger partial charge on any atom is 0.339 e. The fraction of sp³-hybridized carbons (Fsp3) is 0.444. The van der Waals surface area contributed by atoms with E-state index in [0.717, 1.165) is 19.3 Å². The molecule has 1 aromatic carbocycles. The predicted molar refractivity (Wildman–Crippen MR) is 92.4 cm³/mol. The number of likely N-dealkylation sites (tertiary alicyclic amines) is 1. The molecule has 8 nitrogen and oxygen atoms in total. The van der Waals surface area contributed by atoms with E-state index >= 15 is 0 Å². The summed E-state index contributed by atoms with van der Waals surface area (Å²) in [5.74, 6) is -1.89. The first-order valence-corrected chi connectivity index (χ1v) is 8.42. The number of hydrogen-bond donors (Lipinski definition) is 1. The summed E-state index contributed by atoms with van der Waals surface area (Å²) in [6.45, 7) is -0.145. The van der Waals surface area contributed by atoms with Crippen LogP contribution in [0, 0.1) is 0 Å². The minimum Gasteiger partial charge on any atom is -0.465 e. The molecule has 8 heteroatoms. The second kappa shape index (κ2) is 9.55. The summed E-state index contributed by atoms with van der Waals surface area (Å²) in [7, 11) is 1.24. The van der Waals surface area contributed by atoms with E-state index in [1.807, 2.05) is 0 Å². The van der Waals surface area contributed by atoms with Gasteiger partial charge in [-0.3, -0.25) is 14.4 Å². The second-order valence-electron chi connectivity index (χ2n) is 5.87. The number of amides is 2. The third-order valence-electron chi connectivity index (χ3n) is 3.96. The fourth-order valence-electron chi connectivity index (χ4n) is 2.62. The second-order valence-corrected chi connectivity index (χ2v) is 5.87. The van der Waals surface area contributed by atoms with Crippen molar-refractivity contribution in [2.45, 2.75) is 25.7 Å². The molecule has 0 spiro atoms. The van der Waals surface area contributed by atoms with Crippen molar-refractivity contribution in [1.29, 1.82) is 0 Å². The Morgan fingerprint density at radius 3 is 2.69 bits per heavy atom. The van der Waals surface area contributed by atoms with Crippen molar-refractivity contribution in [2.24, 2.45) is 0 Å². The molecule has 1 heterocycles. The molecule has 1 saturated heterocycles. The van der Waals surface area contributed by atoms with Crippen molar-refractivity contribution in [3.05, 3.63) is 29.8 Å². The lowest BCUT2D eigenvalue weighted by Crippen LogP contribution is -2.36. The van der Waals surface area contributed by atoms with E-state index in [1.54, 1.807) is 18.2 Å². The minimum absolute atomic E-state index is 0.0732. The first-order chi connectivity index (χ1) is 12.5. The third-order valence-corrected chi connectivity index (χ3v) is 3.96. The molecule has 140 valence electrons. The highest BCUT2D eigenvalue weighted by Gasteiger charge is 2.20. The van der Waals surface area contributed by atoms with Crippen LogP contribution in [-0.2, 0) is 23.9 Å². The molecule has 1 aliphatic rings. The van der Waals surface area contributed by atoms with Gasteiger partial charge in [0, 0.05) is 13.0 Å². The van der Waals surface area contributed by atoms with Gasteiger partial charge in [-0.2, -0.15) is 0 Å². The highest BCUT2D eigenvalue weighted by molar-refractivity contribution is 6.01. The molecule has 0 bridgehead atoms. The standard InChI is InChI=1S/C18H22N2O6/c1-25-18(24)13-7-4-5-8-14(13)19-15(21)12-26-17(23)11-20-10-6-2-3-9-16(20)22/h4-5,7-8H,2-3,6,9-12H2,1H3,(H,19,21). The first kappa shape index (κ1) is 19.4. The number of ether oxygens (including phenoxy) is 2. The van der Waals surface area contributed by atoms with Crippen molar-refractivity contribution in [3.63, 3.8) is 0 Å². The lowest BCUT2D eigenvalue weighted by atomic mass is 10.2. The summed E-state index contributed by atoms with van der Waals surface area (Å²) in [6, 6.07) is 6.35. The Kier molecular flexibility index (Phi) is 7.13. The molecular weight excluding hydrogens is 340 g/mol. The molecule has 2 rings (SSSR count). The number of rotatable bonds is 6. The van der Waals surface area contributed by atoms with Crippen LogP contribution in [-0.4, -0.2) is 55.5 Å². The molecule has 0 radical (unpaired) electrons. The lowest BCUT2D eigenvalue weighted by Gasteiger charge is -2.19. The Balaban J connectivity index is 1.84. The van der Waals surface area contributed by atoms with Gasteiger partial charge in [0.25, 0.3) is 5.91 Å². The van der Waals surface area contributed by atoms with E-state index in [9.17, 15) is 19.2 Å². The van der Waals surface area contributed by atoms with Crippen molar-refractivity contribution in [1.82, 2.24) is 4.90 Å².